The van der Waals surface area contributed by atoms with Crippen LogP contribution in [0.4, 0.5) is 13.2 Å². The molecule has 1 nitrogen and oxygen atoms in total. The van der Waals surface area contributed by atoms with E-state index in [0.717, 1.165) is 24.3 Å². The van der Waals surface area contributed by atoms with Gasteiger partial charge in [-0.2, -0.15) is 0 Å². The van der Waals surface area contributed by atoms with Crippen LogP contribution in [0.3, 0.4) is 0 Å². The van der Waals surface area contributed by atoms with Crippen LogP contribution in [-0.4, -0.2) is 5.11 Å². The third-order valence-electron chi connectivity index (χ3n) is 2.73. The summed E-state index contributed by atoms with van der Waals surface area (Å²) in [5.41, 5.74) is 0.392. The molecule has 1 N–H and O–H groups in total. The predicted octanol–water partition coefficient (Wildman–Crippen LogP) is 4.03. The molecule has 2 aromatic carbocycles. The lowest BCUT2D eigenvalue weighted by Crippen LogP contribution is -2.05. The molecule has 19 heavy (non-hydrogen) atoms. The molecule has 0 heterocycles. The molecule has 2 rings (SSSR count). The van der Waals surface area contributed by atoms with Crippen LogP contribution >= 0.6 is 11.6 Å². The Balaban J connectivity index is 2.22. The molecule has 0 fully saturated rings. The molecule has 2 aromatic rings. The largest absolute Gasteiger partial charge is 0.388 e. The number of aliphatic hydroxyl groups is 1. The van der Waals surface area contributed by atoms with E-state index >= 15 is 0 Å². The smallest absolute Gasteiger partial charge is 0.141 e. The predicted molar refractivity (Wildman–Crippen MR) is 66.4 cm³/mol. The van der Waals surface area contributed by atoms with Gasteiger partial charge >= 0.3 is 0 Å². The Morgan fingerprint density at radius 3 is 2.37 bits per heavy atom. The summed E-state index contributed by atoms with van der Waals surface area (Å²) in [6.07, 6.45) is -1.21. The Morgan fingerprint density at radius 1 is 1.00 bits per heavy atom. The number of aliphatic hydroxyl groups excluding tert-OH is 1. The fourth-order valence-corrected chi connectivity index (χ4v) is 1.97. The van der Waals surface area contributed by atoms with Crippen molar-refractivity contribution in [3.63, 3.8) is 0 Å². The highest BCUT2D eigenvalue weighted by molar-refractivity contribution is 6.30. The summed E-state index contributed by atoms with van der Waals surface area (Å²) in [7, 11) is 0. The molecular formula is C14H10ClF3O. The molecule has 100 valence electrons. The molecule has 1 atom stereocenters. The first-order chi connectivity index (χ1) is 8.97. The van der Waals surface area contributed by atoms with E-state index in [-0.39, 0.29) is 17.0 Å². The second-order valence-electron chi connectivity index (χ2n) is 4.13. The first kappa shape index (κ1) is 13.9. The first-order valence-corrected chi connectivity index (χ1v) is 5.92. The number of benzene rings is 2. The zero-order valence-electron chi connectivity index (χ0n) is 9.71. The molecule has 0 saturated heterocycles. The molecule has 0 aromatic heterocycles. The molecule has 0 amide bonds. The van der Waals surface area contributed by atoms with E-state index in [4.69, 9.17) is 11.6 Å². The van der Waals surface area contributed by atoms with Gasteiger partial charge in [0.25, 0.3) is 0 Å². The highest BCUT2D eigenvalue weighted by atomic mass is 35.5. The van der Waals surface area contributed by atoms with Crippen LogP contribution in [0.5, 0.6) is 0 Å². The van der Waals surface area contributed by atoms with Gasteiger partial charge in [-0.25, -0.2) is 13.2 Å². The SMILES string of the molecule is OC(Cc1ccc(F)c(Cl)c1)c1cc(F)ccc1F. The van der Waals surface area contributed by atoms with Crippen molar-refractivity contribution >= 4 is 11.6 Å². The maximum absolute atomic E-state index is 13.5. The van der Waals surface area contributed by atoms with Crippen LogP contribution < -0.4 is 0 Å². The van der Waals surface area contributed by atoms with Gasteiger partial charge in [0.1, 0.15) is 17.5 Å². The van der Waals surface area contributed by atoms with Crippen LogP contribution in [0.25, 0.3) is 0 Å². The molecule has 0 bridgehead atoms. The second-order valence-corrected chi connectivity index (χ2v) is 4.54. The van der Waals surface area contributed by atoms with Crippen molar-refractivity contribution in [2.45, 2.75) is 12.5 Å². The van der Waals surface area contributed by atoms with Crippen molar-refractivity contribution in [2.75, 3.05) is 0 Å². The fraction of sp³-hybridized carbons (Fsp3) is 0.143. The van der Waals surface area contributed by atoms with Crippen LogP contribution in [0.15, 0.2) is 36.4 Å². The monoisotopic (exact) mass is 286 g/mol. The van der Waals surface area contributed by atoms with Gasteiger partial charge in [-0.3, -0.25) is 0 Å². The maximum atomic E-state index is 13.5. The molecule has 0 spiro atoms. The Morgan fingerprint density at radius 2 is 1.68 bits per heavy atom. The van der Waals surface area contributed by atoms with Crippen molar-refractivity contribution < 1.29 is 18.3 Å². The van der Waals surface area contributed by atoms with Gasteiger partial charge in [0.15, 0.2) is 0 Å². The van der Waals surface area contributed by atoms with Gasteiger partial charge in [0.05, 0.1) is 11.1 Å². The lowest BCUT2D eigenvalue weighted by Gasteiger charge is -2.12. The van der Waals surface area contributed by atoms with Crippen LogP contribution in [-0.2, 0) is 6.42 Å². The minimum absolute atomic E-state index is 0.0143. The molecule has 0 saturated carbocycles. The topological polar surface area (TPSA) is 20.2 Å². The molecule has 1 unspecified atom stereocenters. The Kier molecular flexibility index (Phi) is 4.12. The summed E-state index contributed by atoms with van der Waals surface area (Å²) in [5.74, 6) is -1.90. The minimum Gasteiger partial charge on any atom is -0.388 e. The van der Waals surface area contributed by atoms with Gasteiger partial charge in [-0.1, -0.05) is 17.7 Å². The number of halogens is 4. The Labute approximate surface area is 113 Å². The lowest BCUT2D eigenvalue weighted by atomic mass is 10.0. The summed E-state index contributed by atoms with van der Waals surface area (Å²) >= 11 is 5.61. The van der Waals surface area contributed by atoms with Gasteiger partial charge in [-0.05, 0) is 35.9 Å². The molecule has 5 heteroatoms. The third-order valence-corrected chi connectivity index (χ3v) is 3.02. The van der Waals surface area contributed by atoms with E-state index in [1.807, 2.05) is 0 Å². The first-order valence-electron chi connectivity index (χ1n) is 5.54. The third kappa shape index (κ3) is 3.28. The van der Waals surface area contributed by atoms with Gasteiger partial charge in [0, 0.05) is 12.0 Å². The van der Waals surface area contributed by atoms with E-state index in [0.29, 0.717) is 5.56 Å². The van der Waals surface area contributed by atoms with Crippen LogP contribution in [0.1, 0.15) is 17.2 Å². The molecular weight excluding hydrogens is 277 g/mol. The number of hydrogen-bond acceptors (Lipinski definition) is 1. The summed E-state index contributed by atoms with van der Waals surface area (Å²) in [6.45, 7) is 0. The number of rotatable bonds is 3. The quantitative estimate of drug-likeness (QED) is 0.903. The molecule has 0 radical (unpaired) electrons. The van der Waals surface area contributed by atoms with E-state index in [1.165, 1.54) is 12.1 Å². The lowest BCUT2D eigenvalue weighted by molar-refractivity contribution is 0.173. The summed E-state index contributed by atoms with van der Waals surface area (Å²) in [5, 5.41) is 9.82. The highest BCUT2D eigenvalue weighted by Gasteiger charge is 2.15. The van der Waals surface area contributed by atoms with Crippen LogP contribution in [0.2, 0.25) is 5.02 Å². The van der Waals surface area contributed by atoms with E-state index in [2.05, 4.69) is 0 Å². The molecule has 0 aliphatic heterocycles. The number of hydrogen-bond donors (Lipinski definition) is 1. The second kappa shape index (κ2) is 5.63. The van der Waals surface area contributed by atoms with E-state index < -0.39 is 23.6 Å². The maximum Gasteiger partial charge on any atom is 0.141 e. The van der Waals surface area contributed by atoms with Crippen molar-refractivity contribution in [1.29, 1.82) is 0 Å². The average molecular weight is 287 g/mol. The molecule has 0 aliphatic rings. The fourth-order valence-electron chi connectivity index (χ4n) is 1.77. The molecule has 0 aliphatic carbocycles. The summed E-state index contributed by atoms with van der Waals surface area (Å²) < 4.78 is 39.4. The zero-order valence-corrected chi connectivity index (χ0v) is 10.5. The standard InChI is InChI=1S/C14H10ClF3O/c15-11-5-8(1-3-13(11)18)6-14(19)10-7-9(16)2-4-12(10)17/h1-5,7,14,19H,6H2. The van der Waals surface area contributed by atoms with Gasteiger partial charge < -0.3 is 5.11 Å². The Bertz CT molecular complexity index is 601. The van der Waals surface area contributed by atoms with E-state index in [9.17, 15) is 18.3 Å². The average Bonchev–Trinajstić information content (AvgIpc) is 2.36. The normalized spacial score (nSPS) is 12.5. The van der Waals surface area contributed by atoms with Crippen molar-refractivity contribution in [2.24, 2.45) is 0 Å². The van der Waals surface area contributed by atoms with E-state index in [1.54, 1.807) is 0 Å². The summed E-state index contributed by atoms with van der Waals surface area (Å²) in [4.78, 5) is 0. The minimum atomic E-state index is -1.22. The summed E-state index contributed by atoms with van der Waals surface area (Å²) in [6, 6.07) is 6.79. The highest BCUT2D eigenvalue weighted by Crippen LogP contribution is 2.24. The van der Waals surface area contributed by atoms with Crippen LogP contribution in [0, 0.1) is 17.5 Å². The van der Waals surface area contributed by atoms with Crippen molar-refractivity contribution in [3.05, 3.63) is 70.0 Å². The van der Waals surface area contributed by atoms with Gasteiger partial charge in [0.2, 0.25) is 0 Å². The van der Waals surface area contributed by atoms with Crippen molar-refractivity contribution in [1.82, 2.24) is 0 Å². The van der Waals surface area contributed by atoms with Crippen molar-refractivity contribution in [3.8, 4) is 0 Å². The zero-order chi connectivity index (χ0) is 14.0. The Hall–Kier alpha value is -1.52. The van der Waals surface area contributed by atoms with Gasteiger partial charge in [-0.15, -0.1) is 0 Å².